The zero-order valence-corrected chi connectivity index (χ0v) is 11.2. The lowest BCUT2D eigenvalue weighted by Gasteiger charge is -2.06. The second-order valence-electron chi connectivity index (χ2n) is 5.27. The Morgan fingerprint density at radius 1 is 1.06 bits per heavy atom. The van der Waals surface area contributed by atoms with Gasteiger partial charge in [0, 0.05) is 17.7 Å². The molecule has 0 radical (unpaired) electrons. The quantitative estimate of drug-likeness (QED) is 0.853. The number of aromatic nitrogens is 2. The van der Waals surface area contributed by atoms with Crippen molar-refractivity contribution in [3.8, 4) is 0 Å². The van der Waals surface area contributed by atoms with Crippen molar-refractivity contribution in [2.75, 3.05) is 0 Å². The van der Waals surface area contributed by atoms with Crippen LogP contribution in [0, 0.1) is 12.8 Å². The van der Waals surface area contributed by atoms with Gasteiger partial charge in [-0.25, -0.2) is 0 Å². The summed E-state index contributed by atoms with van der Waals surface area (Å²) in [6.45, 7) is 6.35. The van der Waals surface area contributed by atoms with Gasteiger partial charge in [0.05, 0.1) is 0 Å². The molecule has 1 aromatic heterocycles. The van der Waals surface area contributed by atoms with Crippen molar-refractivity contribution in [3.05, 3.63) is 57.0 Å². The Bertz CT molecular complexity index is 561. The summed E-state index contributed by atoms with van der Waals surface area (Å²) in [6.07, 6.45) is 1.79. The molecule has 0 aliphatic rings. The monoisotopic (exact) mass is 244 g/mol. The Balaban J connectivity index is 2.14. The number of aromatic amines is 2. The zero-order valence-electron chi connectivity index (χ0n) is 11.2. The highest BCUT2D eigenvalue weighted by Gasteiger charge is 2.07. The Morgan fingerprint density at radius 3 is 2.17 bits per heavy atom. The minimum atomic E-state index is -0.0150. The molecule has 96 valence electrons. The molecule has 2 aromatic rings. The molecule has 0 amide bonds. The maximum absolute atomic E-state index is 11.6. The lowest BCUT2D eigenvalue weighted by atomic mass is 9.99. The molecule has 3 nitrogen and oxygen atoms in total. The molecular formula is C15H20N2O. The molecule has 1 aromatic carbocycles. The summed E-state index contributed by atoms with van der Waals surface area (Å²) in [6, 6.07) is 8.55. The fourth-order valence-electron chi connectivity index (χ4n) is 2.15. The van der Waals surface area contributed by atoms with E-state index in [4.69, 9.17) is 0 Å². The van der Waals surface area contributed by atoms with Crippen molar-refractivity contribution in [2.45, 2.75) is 33.6 Å². The minimum Gasteiger partial charge on any atom is -0.302 e. The first kappa shape index (κ1) is 12.7. The van der Waals surface area contributed by atoms with Gasteiger partial charge in [-0.3, -0.25) is 9.89 Å². The smallest absolute Gasteiger partial charge is 0.267 e. The van der Waals surface area contributed by atoms with Gasteiger partial charge in [-0.1, -0.05) is 38.1 Å². The lowest BCUT2D eigenvalue weighted by molar-refractivity contribution is 0.647. The standard InChI is InChI=1S/C15H20N2O/c1-10(2)8-12-4-6-13(7-5-12)9-14-11(3)16-17-15(14)18/h4-7,10H,8-9H2,1-3H3,(H2,16,17,18). The Morgan fingerprint density at radius 2 is 1.67 bits per heavy atom. The van der Waals surface area contributed by atoms with Crippen molar-refractivity contribution >= 4 is 0 Å². The first-order chi connectivity index (χ1) is 8.56. The lowest BCUT2D eigenvalue weighted by Crippen LogP contribution is -2.07. The summed E-state index contributed by atoms with van der Waals surface area (Å²) >= 11 is 0. The maximum atomic E-state index is 11.6. The van der Waals surface area contributed by atoms with Crippen LogP contribution in [0.4, 0.5) is 0 Å². The predicted octanol–water partition coefficient (Wildman–Crippen LogP) is 2.80. The molecule has 0 aliphatic heterocycles. The Labute approximate surface area is 107 Å². The molecule has 1 heterocycles. The highest BCUT2D eigenvalue weighted by molar-refractivity contribution is 5.29. The summed E-state index contributed by atoms with van der Waals surface area (Å²) < 4.78 is 0. The van der Waals surface area contributed by atoms with Gasteiger partial charge in [-0.2, -0.15) is 0 Å². The van der Waals surface area contributed by atoms with Crippen LogP contribution in [0.1, 0.15) is 36.2 Å². The fraction of sp³-hybridized carbons (Fsp3) is 0.400. The Hall–Kier alpha value is -1.77. The van der Waals surface area contributed by atoms with E-state index in [2.05, 4.69) is 48.3 Å². The van der Waals surface area contributed by atoms with Gasteiger partial charge < -0.3 is 5.10 Å². The summed E-state index contributed by atoms with van der Waals surface area (Å²) in [4.78, 5) is 11.6. The number of nitrogens with one attached hydrogen (secondary N) is 2. The van der Waals surface area contributed by atoms with Gasteiger partial charge in [-0.05, 0) is 30.4 Å². The molecular weight excluding hydrogens is 224 g/mol. The minimum absolute atomic E-state index is 0.0150. The second-order valence-corrected chi connectivity index (χ2v) is 5.27. The molecule has 0 atom stereocenters. The van der Waals surface area contributed by atoms with Crippen molar-refractivity contribution in [1.29, 1.82) is 0 Å². The zero-order chi connectivity index (χ0) is 13.1. The van der Waals surface area contributed by atoms with Crippen LogP contribution in [0.3, 0.4) is 0 Å². The molecule has 0 unspecified atom stereocenters. The summed E-state index contributed by atoms with van der Waals surface area (Å²) in [7, 11) is 0. The van der Waals surface area contributed by atoms with Crippen LogP contribution in [0.2, 0.25) is 0 Å². The summed E-state index contributed by atoms with van der Waals surface area (Å²) in [5, 5.41) is 5.47. The largest absolute Gasteiger partial charge is 0.302 e. The number of H-pyrrole nitrogens is 2. The average Bonchev–Trinajstić information content (AvgIpc) is 2.63. The van der Waals surface area contributed by atoms with Crippen molar-refractivity contribution < 1.29 is 0 Å². The van der Waals surface area contributed by atoms with E-state index >= 15 is 0 Å². The van der Waals surface area contributed by atoms with Crippen LogP contribution < -0.4 is 5.56 Å². The van der Waals surface area contributed by atoms with Crippen molar-refractivity contribution in [3.63, 3.8) is 0 Å². The van der Waals surface area contributed by atoms with Crippen LogP contribution in [0.15, 0.2) is 29.1 Å². The van der Waals surface area contributed by atoms with E-state index in [1.807, 2.05) is 6.92 Å². The van der Waals surface area contributed by atoms with E-state index in [0.29, 0.717) is 12.3 Å². The third-order valence-corrected chi connectivity index (χ3v) is 3.14. The molecule has 0 bridgehead atoms. The highest BCUT2D eigenvalue weighted by atomic mass is 16.1. The van der Waals surface area contributed by atoms with Crippen LogP contribution in [-0.4, -0.2) is 10.2 Å². The molecule has 0 aliphatic carbocycles. The molecule has 2 N–H and O–H groups in total. The molecule has 2 rings (SSSR count). The molecule has 0 saturated heterocycles. The first-order valence-corrected chi connectivity index (χ1v) is 6.40. The molecule has 18 heavy (non-hydrogen) atoms. The van der Waals surface area contributed by atoms with Gasteiger partial charge in [-0.15, -0.1) is 0 Å². The van der Waals surface area contributed by atoms with E-state index < -0.39 is 0 Å². The normalized spacial score (nSPS) is 11.1. The average molecular weight is 244 g/mol. The van der Waals surface area contributed by atoms with Gasteiger partial charge >= 0.3 is 0 Å². The third-order valence-electron chi connectivity index (χ3n) is 3.14. The number of rotatable bonds is 4. The van der Waals surface area contributed by atoms with E-state index in [0.717, 1.165) is 17.7 Å². The van der Waals surface area contributed by atoms with Crippen LogP contribution in [0.25, 0.3) is 0 Å². The van der Waals surface area contributed by atoms with E-state index in [1.165, 1.54) is 11.1 Å². The number of aryl methyl sites for hydroxylation is 1. The summed E-state index contributed by atoms with van der Waals surface area (Å²) in [5.41, 5.74) is 4.26. The van der Waals surface area contributed by atoms with Crippen LogP contribution in [-0.2, 0) is 12.8 Å². The van der Waals surface area contributed by atoms with E-state index in [9.17, 15) is 4.79 Å². The highest BCUT2D eigenvalue weighted by Crippen LogP contribution is 2.12. The van der Waals surface area contributed by atoms with Crippen molar-refractivity contribution in [2.24, 2.45) is 5.92 Å². The van der Waals surface area contributed by atoms with Crippen LogP contribution >= 0.6 is 0 Å². The molecule has 0 spiro atoms. The van der Waals surface area contributed by atoms with Crippen molar-refractivity contribution in [1.82, 2.24) is 10.2 Å². The maximum Gasteiger partial charge on any atom is 0.267 e. The number of benzene rings is 1. The third kappa shape index (κ3) is 2.92. The number of hydrogen-bond donors (Lipinski definition) is 2. The number of hydrogen-bond acceptors (Lipinski definition) is 1. The van der Waals surface area contributed by atoms with Gasteiger partial charge in [0.2, 0.25) is 0 Å². The SMILES string of the molecule is Cc1[nH][nH]c(=O)c1Cc1ccc(CC(C)C)cc1. The predicted molar refractivity (Wildman–Crippen MR) is 73.9 cm³/mol. The van der Waals surface area contributed by atoms with E-state index in [-0.39, 0.29) is 5.56 Å². The van der Waals surface area contributed by atoms with Gasteiger partial charge in [0.25, 0.3) is 5.56 Å². The topological polar surface area (TPSA) is 48.6 Å². The molecule has 0 saturated carbocycles. The molecule has 0 fully saturated rings. The van der Waals surface area contributed by atoms with Gasteiger partial charge in [0.15, 0.2) is 0 Å². The second kappa shape index (κ2) is 5.25. The van der Waals surface area contributed by atoms with Crippen LogP contribution in [0.5, 0.6) is 0 Å². The van der Waals surface area contributed by atoms with Gasteiger partial charge in [0.1, 0.15) is 0 Å². The Kier molecular flexibility index (Phi) is 3.70. The first-order valence-electron chi connectivity index (χ1n) is 6.40. The van der Waals surface area contributed by atoms with E-state index in [1.54, 1.807) is 0 Å². The fourth-order valence-corrected chi connectivity index (χ4v) is 2.15. The molecule has 3 heteroatoms. The summed E-state index contributed by atoms with van der Waals surface area (Å²) in [5.74, 6) is 0.672.